The van der Waals surface area contributed by atoms with E-state index in [0.29, 0.717) is 12.1 Å². The number of nitrogens with zero attached hydrogens (tertiary/aromatic N) is 1. The van der Waals surface area contributed by atoms with Crippen LogP contribution in [0.25, 0.3) is 0 Å². The molecule has 0 aliphatic rings. The largest absolute Gasteiger partial charge is 0.504 e. The first-order valence-corrected chi connectivity index (χ1v) is 7.79. The number of phenolic OH excluding ortho intramolecular Hbond substituents is 2. The zero-order chi connectivity index (χ0) is 16.8. The Morgan fingerprint density at radius 3 is 2.52 bits per heavy atom. The Morgan fingerprint density at radius 2 is 1.91 bits per heavy atom. The predicted octanol–water partition coefficient (Wildman–Crippen LogP) is 3.49. The summed E-state index contributed by atoms with van der Waals surface area (Å²) >= 11 is 1.06. The van der Waals surface area contributed by atoms with Crippen molar-refractivity contribution in [2.24, 2.45) is 5.92 Å². The second kappa shape index (κ2) is 7.56. The van der Waals surface area contributed by atoms with E-state index >= 15 is 0 Å². The minimum atomic E-state index is -0.299. The van der Waals surface area contributed by atoms with Gasteiger partial charge in [0.2, 0.25) is 5.91 Å². The van der Waals surface area contributed by atoms with Gasteiger partial charge in [-0.25, -0.2) is 0 Å². The van der Waals surface area contributed by atoms with Crippen molar-refractivity contribution in [2.45, 2.75) is 18.2 Å². The van der Waals surface area contributed by atoms with Gasteiger partial charge in [0.25, 0.3) is 0 Å². The highest BCUT2D eigenvalue weighted by Gasteiger charge is 2.14. The van der Waals surface area contributed by atoms with Gasteiger partial charge >= 0.3 is 0 Å². The van der Waals surface area contributed by atoms with Crippen LogP contribution in [0.4, 0.5) is 5.69 Å². The van der Waals surface area contributed by atoms with Gasteiger partial charge in [-0.3, -0.25) is 4.79 Å². The number of carbonyl (C=O) groups excluding carboxylic acids is 1. The lowest BCUT2D eigenvalue weighted by molar-refractivity contribution is -0.119. The number of amides is 1. The summed E-state index contributed by atoms with van der Waals surface area (Å²) in [5.41, 5.74) is 1.43. The van der Waals surface area contributed by atoms with Crippen LogP contribution in [0.5, 0.6) is 11.5 Å². The first-order valence-electron chi connectivity index (χ1n) is 6.97. The topological polar surface area (TPSA) is 93.3 Å². The fourth-order valence-corrected chi connectivity index (χ4v) is 2.44. The van der Waals surface area contributed by atoms with Crippen molar-refractivity contribution >= 4 is 23.4 Å². The monoisotopic (exact) mass is 328 g/mol. The smallest absolute Gasteiger partial charge is 0.227 e. The van der Waals surface area contributed by atoms with Crippen molar-refractivity contribution in [3.05, 3.63) is 48.0 Å². The fourth-order valence-electron chi connectivity index (χ4n) is 2.07. The lowest BCUT2D eigenvalue weighted by Gasteiger charge is -2.13. The normalized spacial score (nSPS) is 11.5. The van der Waals surface area contributed by atoms with Crippen LogP contribution >= 0.6 is 11.8 Å². The number of thiocyanates is 1. The Morgan fingerprint density at radius 1 is 1.22 bits per heavy atom. The fraction of sp³-hybridized carbons (Fsp3) is 0.176. The van der Waals surface area contributed by atoms with E-state index in [1.165, 1.54) is 12.1 Å². The summed E-state index contributed by atoms with van der Waals surface area (Å²) < 4.78 is 0. The number of nitriles is 1. The molecule has 118 valence electrons. The molecule has 0 saturated carbocycles. The van der Waals surface area contributed by atoms with Gasteiger partial charge in [0.1, 0.15) is 5.40 Å². The molecule has 0 saturated heterocycles. The summed E-state index contributed by atoms with van der Waals surface area (Å²) in [7, 11) is 0. The quantitative estimate of drug-likeness (QED) is 0.444. The molecule has 0 heterocycles. The highest BCUT2D eigenvalue weighted by atomic mass is 32.2. The van der Waals surface area contributed by atoms with Crippen LogP contribution in [0.2, 0.25) is 0 Å². The third-order valence-corrected chi connectivity index (χ3v) is 3.91. The SMILES string of the molecule is CC(Cc1ccc(O)c(O)c1)C(=O)Nc1ccc(SC#N)cc1. The van der Waals surface area contributed by atoms with E-state index in [1.807, 2.05) is 5.40 Å². The number of carbonyl (C=O) groups is 1. The molecule has 6 heteroatoms. The van der Waals surface area contributed by atoms with Crippen molar-refractivity contribution in [1.29, 1.82) is 5.26 Å². The Labute approximate surface area is 138 Å². The van der Waals surface area contributed by atoms with Crippen molar-refractivity contribution in [3.63, 3.8) is 0 Å². The van der Waals surface area contributed by atoms with Gasteiger partial charge < -0.3 is 15.5 Å². The number of thioether (sulfide) groups is 1. The summed E-state index contributed by atoms with van der Waals surface area (Å²) in [6, 6.07) is 11.6. The van der Waals surface area contributed by atoms with E-state index in [2.05, 4.69) is 5.32 Å². The van der Waals surface area contributed by atoms with Gasteiger partial charge in [-0.15, -0.1) is 0 Å². The Balaban J connectivity index is 1.96. The van der Waals surface area contributed by atoms with Crippen LogP contribution in [0, 0.1) is 16.6 Å². The maximum Gasteiger partial charge on any atom is 0.227 e. The molecule has 0 aliphatic heterocycles. The average molecular weight is 328 g/mol. The van der Waals surface area contributed by atoms with Gasteiger partial charge in [-0.05, 0) is 60.1 Å². The molecule has 2 rings (SSSR count). The number of benzene rings is 2. The van der Waals surface area contributed by atoms with Crippen molar-refractivity contribution in [3.8, 4) is 16.9 Å². The first-order chi connectivity index (χ1) is 11.0. The zero-order valence-electron chi connectivity index (χ0n) is 12.5. The van der Waals surface area contributed by atoms with Crippen LogP contribution in [0.15, 0.2) is 47.4 Å². The van der Waals surface area contributed by atoms with Crippen molar-refractivity contribution in [2.75, 3.05) is 5.32 Å². The van der Waals surface area contributed by atoms with Gasteiger partial charge in [0.05, 0.1) is 0 Å². The van der Waals surface area contributed by atoms with Crippen LogP contribution in [0.3, 0.4) is 0 Å². The maximum absolute atomic E-state index is 12.2. The van der Waals surface area contributed by atoms with E-state index in [0.717, 1.165) is 22.2 Å². The van der Waals surface area contributed by atoms with Crippen molar-refractivity contribution in [1.82, 2.24) is 0 Å². The molecule has 0 radical (unpaired) electrons. The number of rotatable bonds is 5. The van der Waals surface area contributed by atoms with Crippen LogP contribution in [-0.4, -0.2) is 16.1 Å². The summed E-state index contributed by atoms with van der Waals surface area (Å²) in [6.07, 6.45) is 0.446. The molecule has 0 aromatic heterocycles. The minimum Gasteiger partial charge on any atom is -0.504 e. The summed E-state index contributed by atoms with van der Waals surface area (Å²) in [4.78, 5) is 13.0. The molecule has 0 bridgehead atoms. The third kappa shape index (κ3) is 4.66. The molecule has 0 spiro atoms. The van der Waals surface area contributed by atoms with Gasteiger partial charge in [-0.1, -0.05) is 13.0 Å². The number of anilines is 1. The molecular formula is C17H16N2O3S. The summed E-state index contributed by atoms with van der Waals surface area (Å²) in [5.74, 6) is -0.813. The molecule has 5 nitrogen and oxygen atoms in total. The number of nitrogens with one attached hydrogen (secondary N) is 1. The van der Waals surface area contributed by atoms with E-state index in [-0.39, 0.29) is 23.3 Å². The number of phenols is 2. The Kier molecular flexibility index (Phi) is 5.50. The molecule has 0 fully saturated rings. The van der Waals surface area contributed by atoms with E-state index in [9.17, 15) is 15.0 Å². The van der Waals surface area contributed by atoms with E-state index in [1.54, 1.807) is 37.3 Å². The molecule has 1 unspecified atom stereocenters. The second-order valence-electron chi connectivity index (χ2n) is 5.14. The van der Waals surface area contributed by atoms with E-state index in [4.69, 9.17) is 5.26 Å². The molecule has 3 N–H and O–H groups in total. The molecule has 0 aliphatic carbocycles. The molecule has 2 aromatic carbocycles. The lowest BCUT2D eigenvalue weighted by atomic mass is 10.00. The minimum absolute atomic E-state index is 0.141. The summed E-state index contributed by atoms with van der Waals surface area (Å²) in [6.45, 7) is 1.79. The molecule has 1 amide bonds. The maximum atomic E-state index is 12.2. The summed E-state index contributed by atoms with van der Waals surface area (Å²) in [5, 5.41) is 32.2. The van der Waals surface area contributed by atoms with Gasteiger partial charge in [0, 0.05) is 16.5 Å². The van der Waals surface area contributed by atoms with Gasteiger partial charge in [-0.2, -0.15) is 5.26 Å². The van der Waals surface area contributed by atoms with Crippen LogP contribution < -0.4 is 5.32 Å². The highest BCUT2D eigenvalue weighted by molar-refractivity contribution is 8.03. The molecule has 2 aromatic rings. The average Bonchev–Trinajstić information content (AvgIpc) is 2.53. The van der Waals surface area contributed by atoms with E-state index < -0.39 is 0 Å². The zero-order valence-corrected chi connectivity index (χ0v) is 13.3. The Bertz CT molecular complexity index is 738. The predicted molar refractivity (Wildman–Crippen MR) is 89.2 cm³/mol. The molecule has 23 heavy (non-hydrogen) atoms. The number of hydrogen-bond donors (Lipinski definition) is 3. The lowest BCUT2D eigenvalue weighted by Crippen LogP contribution is -2.22. The first kappa shape index (κ1) is 16.7. The van der Waals surface area contributed by atoms with Crippen LogP contribution in [0.1, 0.15) is 12.5 Å². The Hall–Kier alpha value is -2.65. The second-order valence-corrected chi connectivity index (χ2v) is 5.99. The van der Waals surface area contributed by atoms with Crippen molar-refractivity contribution < 1.29 is 15.0 Å². The molecular weight excluding hydrogens is 312 g/mol. The van der Waals surface area contributed by atoms with Crippen LogP contribution in [-0.2, 0) is 11.2 Å². The third-order valence-electron chi connectivity index (χ3n) is 3.31. The highest BCUT2D eigenvalue weighted by Crippen LogP contribution is 2.26. The van der Waals surface area contributed by atoms with Gasteiger partial charge in [0.15, 0.2) is 11.5 Å². The standard InChI is InChI=1S/C17H16N2O3S/c1-11(8-12-2-7-15(20)16(21)9-12)17(22)19-13-3-5-14(6-4-13)23-10-18/h2-7,9,11,20-21H,8H2,1H3,(H,19,22). The molecule has 1 atom stereocenters. The number of aromatic hydroxyl groups is 2. The number of hydrogen-bond acceptors (Lipinski definition) is 5.